The summed E-state index contributed by atoms with van der Waals surface area (Å²) in [4.78, 5) is 0. The van der Waals surface area contributed by atoms with Crippen molar-refractivity contribution in [2.45, 2.75) is 13.3 Å². The average molecular weight is 120 g/mol. The van der Waals surface area contributed by atoms with Gasteiger partial charge in [-0.15, -0.1) is 5.73 Å². The minimum absolute atomic E-state index is 0.980. The third kappa shape index (κ3) is 3.57. The number of hydrogen-bond donors (Lipinski definition) is 0. The van der Waals surface area contributed by atoms with Crippen LogP contribution in [0.4, 0.5) is 0 Å². The molecule has 9 heavy (non-hydrogen) atoms. The minimum Gasteiger partial charge on any atom is -0.125 e. The number of rotatable bonds is 3. The smallest absolute Gasteiger partial charge is 0.00693 e. The summed E-state index contributed by atoms with van der Waals surface area (Å²) in [5, 5.41) is 0. The van der Waals surface area contributed by atoms with Gasteiger partial charge in [-0.25, -0.2) is 0 Å². The van der Waals surface area contributed by atoms with Gasteiger partial charge in [0.2, 0.25) is 0 Å². The van der Waals surface area contributed by atoms with Gasteiger partial charge in [0.25, 0.3) is 0 Å². The van der Waals surface area contributed by atoms with Crippen LogP contribution in [0.2, 0.25) is 0 Å². The molecule has 0 saturated carbocycles. The zero-order valence-corrected chi connectivity index (χ0v) is 5.85. The van der Waals surface area contributed by atoms with Gasteiger partial charge in [-0.2, -0.15) is 0 Å². The Bertz CT molecular complexity index is 155. The lowest BCUT2D eigenvalue weighted by Crippen LogP contribution is -1.67. The van der Waals surface area contributed by atoms with Gasteiger partial charge in [-0.3, -0.25) is 0 Å². The van der Waals surface area contributed by atoms with E-state index in [0.29, 0.717) is 0 Å². The Balaban J connectivity index is 4.00. The highest BCUT2D eigenvalue weighted by molar-refractivity contribution is 5.19. The van der Waals surface area contributed by atoms with Gasteiger partial charge in [0, 0.05) is 0 Å². The maximum Gasteiger partial charge on any atom is -0.00693 e. The molecule has 0 N–H and O–H groups in total. The zero-order valence-electron chi connectivity index (χ0n) is 5.85. The molecule has 0 heterocycles. The molecule has 0 radical (unpaired) electrons. The summed E-state index contributed by atoms with van der Waals surface area (Å²) in [6, 6.07) is 0. The van der Waals surface area contributed by atoms with E-state index in [9.17, 15) is 0 Å². The van der Waals surface area contributed by atoms with Crippen molar-refractivity contribution >= 4 is 0 Å². The number of hydrogen-bond acceptors (Lipinski definition) is 0. The van der Waals surface area contributed by atoms with Crippen LogP contribution >= 0.6 is 0 Å². The van der Waals surface area contributed by atoms with Crippen molar-refractivity contribution < 1.29 is 0 Å². The van der Waals surface area contributed by atoms with Crippen LogP contribution < -0.4 is 0 Å². The van der Waals surface area contributed by atoms with Gasteiger partial charge >= 0.3 is 0 Å². The first-order chi connectivity index (χ1) is 4.35. The van der Waals surface area contributed by atoms with Crippen LogP contribution in [0.15, 0.2) is 42.7 Å². The molecule has 0 aromatic rings. The van der Waals surface area contributed by atoms with Crippen LogP contribution in [0.3, 0.4) is 0 Å². The maximum atomic E-state index is 3.55. The van der Waals surface area contributed by atoms with Gasteiger partial charge < -0.3 is 0 Å². The van der Waals surface area contributed by atoms with E-state index in [-0.39, 0.29) is 0 Å². The Morgan fingerprint density at radius 2 is 2.33 bits per heavy atom. The Morgan fingerprint density at radius 3 is 2.67 bits per heavy atom. The van der Waals surface area contributed by atoms with E-state index in [1.807, 2.05) is 12.2 Å². The third-order valence-corrected chi connectivity index (χ3v) is 1.04. The van der Waals surface area contributed by atoms with Gasteiger partial charge in [0.1, 0.15) is 0 Å². The van der Waals surface area contributed by atoms with Crippen LogP contribution in [0.1, 0.15) is 13.3 Å². The lowest BCUT2D eigenvalue weighted by atomic mass is 10.2. The molecule has 0 aliphatic carbocycles. The molecule has 0 aliphatic heterocycles. The van der Waals surface area contributed by atoms with Crippen LogP contribution in [-0.2, 0) is 0 Å². The zero-order chi connectivity index (χ0) is 7.11. The van der Waals surface area contributed by atoms with Crippen LogP contribution in [0.5, 0.6) is 0 Å². The molecule has 0 unspecified atom stereocenters. The summed E-state index contributed by atoms with van der Waals surface area (Å²) >= 11 is 0. The second kappa shape index (κ2) is 5.14. The molecule has 0 amide bonds. The lowest BCUT2D eigenvalue weighted by Gasteiger charge is -1.86. The molecule has 0 bridgehead atoms. The van der Waals surface area contributed by atoms with Crippen molar-refractivity contribution in [2.75, 3.05) is 0 Å². The first kappa shape index (κ1) is 8.00. The van der Waals surface area contributed by atoms with Gasteiger partial charge in [-0.05, 0) is 12.0 Å². The average Bonchev–Trinajstić information content (AvgIpc) is 1.91. The SMILES string of the molecule is C=C=C(/C=C/C=C)CC. The lowest BCUT2D eigenvalue weighted by molar-refractivity contribution is 1.16. The highest BCUT2D eigenvalue weighted by Crippen LogP contribution is 1.98. The standard InChI is InChI=1S/C9H12/c1-4-7-8-9(5-2)6-3/h4,7-8H,1-2,6H2,3H3/b8-7+. The van der Waals surface area contributed by atoms with Gasteiger partial charge in [0.05, 0.1) is 0 Å². The predicted octanol–water partition coefficient (Wildman–Crippen LogP) is 2.85. The Hall–Kier alpha value is -1.00. The normalized spacial score (nSPS) is 9.00. The van der Waals surface area contributed by atoms with E-state index in [1.165, 1.54) is 0 Å². The van der Waals surface area contributed by atoms with Crippen molar-refractivity contribution in [3.8, 4) is 0 Å². The predicted molar refractivity (Wildman–Crippen MR) is 42.3 cm³/mol. The van der Waals surface area contributed by atoms with Gasteiger partial charge in [0.15, 0.2) is 0 Å². The first-order valence-electron chi connectivity index (χ1n) is 3.03. The summed E-state index contributed by atoms with van der Waals surface area (Å²) < 4.78 is 0. The summed E-state index contributed by atoms with van der Waals surface area (Å²) in [5.41, 5.74) is 3.94. The molecular formula is C9H12. The summed E-state index contributed by atoms with van der Waals surface area (Å²) in [7, 11) is 0. The van der Waals surface area contributed by atoms with Crippen LogP contribution in [0, 0.1) is 0 Å². The van der Waals surface area contributed by atoms with E-state index in [0.717, 1.165) is 12.0 Å². The molecule has 0 aliphatic rings. The first-order valence-corrected chi connectivity index (χ1v) is 3.03. The molecule has 48 valence electrons. The monoisotopic (exact) mass is 120 g/mol. The summed E-state index contributed by atoms with van der Waals surface area (Å²) in [6.45, 7) is 9.16. The molecule has 0 atom stereocenters. The van der Waals surface area contributed by atoms with Gasteiger partial charge in [-0.1, -0.05) is 38.3 Å². The fraction of sp³-hybridized carbons (Fsp3) is 0.222. The molecule has 0 nitrogen and oxygen atoms in total. The Labute approximate surface area is 56.9 Å². The van der Waals surface area contributed by atoms with Crippen molar-refractivity contribution in [3.05, 3.63) is 42.7 Å². The van der Waals surface area contributed by atoms with E-state index in [2.05, 4.69) is 25.8 Å². The largest absolute Gasteiger partial charge is 0.125 e. The second-order valence-corrected chi connectivity index (χ2v) is 1.65. The van der Waals surface area contributed by atoms with Crippen LogP contribution in [0.25, 0.3) is 0 Å². The molecule has 0 aromatic heterocycles. The highest BCUT2D eigenvalue weighted by Gasteiger charge is 1.79. The summed E-state index contributed by atoms with van der Waals surface area (Å²) in [6.07, 6.45) is 6.57. The van der Waals surface area contributed by atoms with E-state index in [4.69, 9.17) is 0 Å². The van der Waals surface area contributed by atoms with Crippen molar-refractivity contribution in [1.82, 2.24) is 0 Å². The molecule has 0 spiro atoms. The van der Waals surface area contributed by atoms with Crippen molar-refractivity contribution in [3.63, 3.8) is 0 Å². The van der Waals surface area contributed by atoms with Crippen LogP contribution in [-0.4, -0.2) is 0 Å². The number of allylic oxidation sites excluding steroid dienone is 4. The van der Waals surface area contributed by atoms with E-state index >= 15 is 0 Å². The fourth-order valence-corrected chi connectivity index (χ4v) is 0.486. The third-order valence-electron chi connectivity index (χ3n) is 1.04. The Morgan fingerprint density at radius 1 is 1.67 bits per heavy atom. The van der Waals surface area contributed by atoms with E-state index in [1.54, 1.807) is 6.08 Å². The maximum absolute atomic E-state index is 3.55. The molecule has 0 fully saturated rings. The second-order valence-electron chi connectivity index (χ2n) is 1.65. The minimum atomic E-state index is 0.980. The molecule has 0 saturated heterocycles. The van der Waals surface area contributed by atoms with Crippen molar-refractivity contribution in [2.24, 2.45) is 0 Å². The highest BCUT2D eigenvalue weighted by atomic mass is 13.8. The van der Waals surface area contributed by atoms with E-state index < -0.39 is 0 Å². The van der Waals surface area contributed by atoms with Crippen molar-refractivity contribution in [1.29, 1.82) is 0 Å². The molecule has 0 rings (SSSR count). The Kier molecular flexibility index (Phi) is 4.57. The fourth-order valence-electron chi connectivity index (χ4n) is 0.486. The molecular weight excluding hydrogens is 108 g/mol. The summed E-state index contributed by atoms with van der Waals surface area (Å²) in [5.74, 6) is 0. The quantitative estimate of drug-likeness (QED) is 0.397. The molecule has 0 aromatic carbocycles. The molecule has 0 heteroatoms. The topological polar surface area (TPSA) is 0 Å².